The van der Waals surface area contributed by atoms with Gasteiger partial charge < -0.3 is 5.11 Å². The Bertz CT molecular complexity index is 244. The molecule has 100 valence electrons. The normalized spacial score (nSPS) is 34.7. The van der Waals surface area contributed by atoms with E-state index in [2.05, 4.69) is 39.8 Å². The maximum atomic E-state index is 10.9. The lowest BCUT2D eigenvalue weighted by Gasteiger charge is -2.43. The summed E-state index contributed by atoms with van der Waals surface area (Å²) >= 11 is 0. The highest BCUT2D eigenvalue weighted by Gasteiger charge is 2.40. The third-order valence-electron chi connectivity index (χ3n) is 4.22. The topological polar surface area (TPSA) is 20.2 Å². The number of rotatable bonds is 5. The van der Waals surface area contributed by atoms with E-state index < -0.39 is 5.60 Å². The number of hydrogen-bond donors (Lipinski definition) is 1. The van der Waals surface area contributed by atoms with Crippen molar-refractivity contribution in [2.75, 3.05) is 0 Å². The van der Waals surface area contributed by atoms with Gasteiger partial charge in [0.25, 0.3) is 0 Å². The molecule has 0 aromatic heterocycles. The smallest absolute Gasteiger partial charge is 0.0860 e. The first-order chi connectivity index (χ1) is 7.99. The minimum Gasteiger partial charge on any atom is -0.385 e. The first-order valence-electron chi connectivity index (χ1n) is 7.39. The van der Waals surface area contributed by atoms with Crippen LogP contribution in [-0.2, 0) is 0 Å². The van der Waals surface area contributed by atoms with Crippen LogP contribution in [0.2, 0.25) is 0 Å². The summed E-state index contributed by atoms with van der Waals surface area (Å²) in [6.07, 6.45) is 11.3. The second-order valence-electron chi connectivity index (χ2n) is 6.27. The van der Waals surface area contributed by atoms with Crippen molar-refractivity contribution in [2.45, 2.75) is 71.8 Å². The van der Waals surface area contributed by atoms with Crippen LogP contribution in [-0.4, -0.2) is 10.7 Å². The molecule has 0 saturated heterocycles. The van der Waals surface area contributed by atoms with E-state index in [1.165, 1.54) is 25.7 Å². The highest BCUT2D eigenvalue weighted by Crippen LogP contribution is 2.41. The molecule has 1 heteroatoms. The van der Waals surface area contributed by atoms with Crippen LogP contribution in [0.3, 0.4) is 0 Å². The summed E-state index contributed by atoms with van der Waals surface area (Å²) < 4.78 is 0. The average Bonchev–Trinajstić information content (AvgIpc) is 2.23. The molecular formula is C16H30O. The quantitative estimate of drug-likeness (QED) is 0.550. The number of unbranched alkanes of at least 4 members (excludes halogenated alkanes) is 2. The SMILES string of the molecule is CCCC/C=C/[C@]1(O)C[C@H](C)CC[C@H]1C(C)C. The van der Waals surface area contributed by atoms with Crippen molar-refractivity contribution in [1.29, 1.82) is 0 Å². The molecule has 0 aromatic carbocycles. The minimum absolute atomic E-state index is 0.441. The summed E-state index contributed by atoms with van der Waals surface area (Å²) in [6, 6.07) is 0. The maximum absolute atomic E-state index is 10.9. The van der Waals surface area contributed by atoms with Gasteiger partial charge in [0.2, 0.25) is 0 Å². The van der Waals surface area contributed by atoms with E-state index in [1.54, 1.807) is 0 Å². The van der Waals surface area contributed by atoms with Crippen molar-refractivity contribution in [2.24, 2.45) is 17.8 Å². The average molecular weight is 238 g/mol. The molecule has 1 N–H and O–H groups in total. The fourth-order valence-corrected chi connectivity index (χ4v) is 3.24. The fourth-order valence-electron chi connectivity index (χ4n) is 3.24. The van der Waals surface area contributed by atoms with E-state index >= 15 is 0 Å². The summed E-state index contributed by atoms with van der Waals surface area (Å²) in [5, 5.41) is 10.9. The van der Waals surface area contributed by atoms with Crippen molar-refractivity contribution >= 4 is 0 Å². The van der Waals surface area contributed by atoms with Crippen LogP contribution in [0.1, 0.15) is 66.2 Å². The lowest BCUT2D eigenvalue weighted by atomic mass is 9.67. The Morgan fingerprint density at radius 1 is 1.35 bits per heavy atom. The van der Waals surface area contributed by atoms with Crippen molar-refractivity contribution in [3.8, 4) is 0 Å². The summed E-state index contributed by atoms with van der Waals surface area (Å²) in [6.45, 7) is 8.96. The Morgan fingerprint density at radius 3 is 2.65 bits per heavy atom. The molecule has 0 radical (unpaired) electrons. The van der Waals surface area contributed by atoms with Gasteiger partial charge in [0.15, 0.2) is 0 Å². The lowest BCUT2D eigenvalue weighted by molar-refractivity contribution is -0.0409. The van der Waals surface area contributed by atoms with Crippen LogP contribution in [0.5, 0.6) is 0 Å². The van der Waals surface area contributed by atoms with Gasteiger partial charge in [0.1, 0.15) is 0 Å². The molecule has 1 rings (SSSR count). The molecule has 0 amide bonds. The van der Waals surface area contributed by atoms with Gasteiger partial charge in [-0.15, -0.1) is 0 Å². The second kappa shape index (κ2) is 6.58. The van der Waals surface area contributed by atoms with Gasteiger partial charge >= 0.3 is 0 Å². The van der Waals surface area contributed by atoms with Gasteiger partial charge in [0.05, 0.1) is 5.60 Å². The zero-order valence-corrected chi connectivity index (χ0v) is 12.1. The fraction of sp³-hybridized carbons (Fsp3) is 0.875. The van der Waals surface area contributed by atoms with Crippen molar-refractivity contribution in [3.63, 3.8) is 0 Å². The van der Waals surface area contributed by atoms with E-state index in [1.807, 2.05) is 0 Å². The van der Waals surface area contributed by atoms with Crippen molar-refractivity contribution in [3.05, 3.63) is 12.2 Å². The van der Waals surface area contributed by atoms with Gasteiger partial charge in [0, 0.05) is 0 Å². The largest absolute Gasteiger partial charge is 0.385 e. The Morgan fingerprint density at radius 2 is 2.06 bits per heavy atom. The predicted molar refractivity (Wildman–Crippen MR) is 75.0 cm³/mol. The van der Waals surface area contributed by atoms with Crippen LogP contribution in [0.4, 0.5) is 0 Å². The van der Waals surface area contributed by atoms with Crippen LogP contribution in [0.15, 0.2) is 12.2 Å². The second-order valence-corrected chi connectivity index (χ2v) is 6.27. The summed E-state index contributed by atoms with van der Waals surface area (Å²) in [7, 11) is 0. The molecule has 1 saturated carbocycles. The van der Waals surface area contributed by atoms with Gasteiger partial charge in [-0.05, 0) is 37.0 Å². The van der Waals surface area contributed by atoms with E-state index in [0.29, 0.717) is 17.8 Å². The molecule has 1 fully saturated rings. The predicted octanol–water partition coefficient (Wildman–Crippen LogP) is 4.56. The van der Waals surface area contributed by atoms with Crippen molar-refractivity contribution in [1.82, 2.24) is 0 Å². The highest BCUT2D eigenvalue weighted by atomic mass is 16.3. The van der Waals surface area contributed by atoms with Crippen LogP contribution in [0, 0.1) is 17.8 Å². The summed E-state index contributed by atoms with van der Waals surface area (Å²) in [5.41, 5.74) is -0.542. The molecule has 0 aliphatic heterocycles. The molecule has 1 aliphatic carbocycles. The van der Waals surface area contributed by atoms with Crippen LogP contribution < -0.4 is 0 Å². The van der Waals surface area contributed by atoms with Gasteiger partial charge in [-0.2, -0.15) is 0 Å². The Hall–Kier alpha value is -0.300. The van der Waals surface area contributed by atoms with Crippen LogP contribution >= 0.6 is 0 Å². The number of hydrogen-bond acceptors (Lipinski definition) is 1. The van der Waals surface area contributed by atoms with Crippen LogP contribution in [0.25, 0.3) is 0 Å². The third kappa shape index (κ3) is 4.13. The number of allylic oxidation sites excluding steroid dienone is 1. The molecule has 0 heterocycles. The summed E-state index contributed by atoms with van der Waals surface area (Å²) in [4.78, 5) is 0. The maximum Gasteiger partial charge on any atom is 0.0860 e. The van der Waals surface area contributed by atoms with E-state index in [0.717, 1.165) is 12.8 Å². The Kier molecular flexibility index (Phi) is 5.72. The molecule has 0 aromatic rings. The Labute approximate surface area is 107 Å². The van der Waals surface area contributed by atoms with E-state index in [9.17, 15) is 5.11 Å². The molecule has 3 atom stereocenters. The number of aliphatic hydroxyl groups is 1. The van der Waals surface area contributed by atoms with E-state index in [4.69, 9.17) is 0 Å². The zero-order chi connectivity index (χ0) is 12.9. The van der Waals surface area contributed by atoms with Gasteiger partial charge in [-0.25, -0.2) is 0 Å². The standard InChI is InChI=1S/C16H30O/c1-5-6-7-8-11-16(17)12-14(4)9-10-15(16)13(2)3/h8,11,13-15,17H,5-7,9-10,12H2,1-4H3/b11-8+/t14-,15+,16+/m1/s1. The molecule has 1 nitrogen and oxygen atoms in total. The molecule has 0 bridgehead atoms. The first kappa shape index (κ1) is 14.8. The highest BCUT2D eigenvalue weighted by molar-refractivity contribution is 5.07. The molecule has 17 heavy (non-hydrogen) atoms. The molecular weight excluding hydrogens is 208 g/mol. The molecule has 1 aliphatic rings. The monoisotopic (exact) mass is 238 g/mol. The van der Waals surface area contributed by atoms with Gasteiger partial charge in [-0.1, -0.05) is 59.1 Å². The molecule has 0 spiro atoms. The Balaban J connectivity index is 2.68. The van der Waals surface area contributed by atoms with Crippen molar-refractivity contribution < 1.29 is 5.11 Å². The minimum atomic E-state index is -0.542. The third-order valence-corrected chi connectivity index (χ3v) is 4.22. The molecule has 0 unspecified atom stereocenters. The summed E-state index contributed by atoms with van der Waals surface area (Å²) in [5.74, 6) is 1.67. The lowest BCUT2D eigenvalue weighted by Crippen LogP contribution is -2.43. The van der Waals surface area contributed by atoms with Gasteiger partial charge in [-0.3, -0.25) is 0 Å². The first-order valence-corrected chi connectivity index (χ1v) is 7.39. The van der Waals surface area contributed by atoms with E-state index in [-0.39, 0.29) is 0 Å². The zero-order valence-electron chi connectivity index (χ0n) is 12.1.